The quantitative estimate of drug-likeness (QED) is 0.208. The van der Waals surface area contributed by atoms with Crippen LogP contribution in [0.15, 0.2) is 152 Å². The molecule has 0 aromatic heterocycles. The fourth-order valence-electron chi connectivity index (χ4n) is 6.08. The third-order valence-electron chi connectivity index (χ3n) is 7.97. The molecule has 0 heteroatoms. The van der Waals surface area contributed by atoms with Gasteiger partial charge in [0, 0.05) is 0 Å². The van der Waals surface area contributed by atoms with Crippen molar-refractivity contribution < 1.29 is 0 Å². The molecule has 0 fully saturated rings. The Morgan fingerprint density at radius 2 is 0.975 bits per heavy atom. The number of hydrogen-bond acceptors (Lipinski definition) is 0. The molecule has 0 atom stereocenters. The van der Waals surface area contributed by atoms with E-state index in [1.54, 1.807) is 0 Å². The molecule has 40 heavy (non-hydrogen) atoms. The van der Waals surface area contributed by atoms with Crippen LogP contribution >= 0.6 is 0 Å². The van der Waals surface area contributed by atoms with Crippen LogP contribution in [-0.4, -0.2) is 0 Å². The standard InChI is InChI=1S/C40H28/c1-3-33(34-15-7-4-12-27(34)2)29-21-23-30(24-22-29)39-35-16-8-10-18-37(35)40(38-19-11-9-17-36(38)39)32-25-20-28-13-5-6-14-31(28)26-32/h3-26H,1-2H2/b34-33+. The van der Waals surface area contributed by atoms with Gasteiger partial charge in [0.15, 0.2) is 0 Å². The van der Waals surface area contributed by atoms with Crippen LogP contribution in [0, 0.1) is 0 Å². The average Bonchev–Trinajstić information content (AvgIpc) is 3.01. The Bertz CT molecular complexity index is 2120. The van der Waals surface area contributed by atoms with Gasteiger partial charge >= 0.3 is 0 Å². The van der Waals surface area contributed by atoms with Crippen molar-refractivity contribution in [3.63, 3.8) is 0 Å². The summed E-state index contributed by atoms with van der Waals surface area (Å²) in [5.74, 6) is 0. The molecule has 188 valence electrons. The Balaban J connectivity index is 1.48. The van der Waals surface area contributed by atoms with Crippen molar-refractivity contribution in [1.29, 1.82) is 0 Å². The first-order chi connectivity index (χ1) is 19.7. The minimum atomic E-state index is 1.00. The molecule has 0 aliphatic heterocycles. The van der Waals surface area contributed by atoms with E-state index in [0.29, 0.717) is 0 Å². The lowest BCUT2D eigenvalue weighted by Crippen LogP contribution is -2.24. The Labute approximate surface area is 234 Å². The summed E-state index contributed by atoms with van der Waals surface area (Å²) >= 11 is 0. The molecule has 0 saturated carbocycles. The molecule has 0 spiro atoms. The Morgan fingerprint density at radius 3 is 1.57 bits per heavy atom. The van der Waals surface area contributed by atoms with Crippen LogP contribution < -0.4 is 10.4 Å². The lowest BCUT2D eigenvalue weighted by atomic mass is 9.85. The Hall–Kier alpha value is -5.20. The number of benzene rings is 7. The fourth-order valence-corrected chi connectivity index (χ4v) is 6.08. The van der Waals surface area contributed by atoms with E-state index in [2.05, 4.69) is 141 Å². The summed E-state index contributed by atoms with van der Waals surface area (Å²) in [6.45, 7) is 8.34. The summed E-state index contributed by atoms with van der Waals surface area (Å²) in [6.07, 6.45) is 1.93. The van der Waals surface area contributed by atoms with Crippen LogP contribution in [0.25, 0.3) is 66.7 Å². The van der Waals surface area contributed by atoms with Gasteiger partial charge in [-0.3, -0.25) is 0 Å². The number of hydrogen-bond donors (Lipinski definition) is 0. The van der Waals surface area contributed by atoms with Gasteiger partial charge in [-0.2, -0.15) is 0 Å². The molecule has 0 radical (unpaired) electrons. The minimum Gasteiger partial charge on any atom is -0.0984 e. The Kier molecular flexibility index (Phi) is 5.87. The van der Waals surface area contributed by atoms with Gasteiger partial charge in [-0.25, -0.2) is 0 Å². The molecule has 0 heterocycles. The van der Waals surface area contributed by atoms with Crippen LogP contribution in [0.4, 0.5) is 0 Å². The molecule has 0 aliphatic rings. The third kappa shape index (κ3) is 3.94. The second kappa shape index (κ2) is 9.84. The van der Waals surface area contributed by atoms with Crippen LogP contribution in [-0.2, 0) is 0 Å². The van der Waals surface area contributed by atoms with Gasteiger partial charge in [0.05, 0.1) is 0 Å². The normalized spacial score (nSPS) is 12.1. The molecular formula is C40H28. The van der Waals surface area contributed by atoms with Gasteiger partial charge in [-0.05, 0) is 82.2 Å². The van der Waals surface area contributed by atoms with E-state index in [0.717, 1.165) is 21.6 Å². The van der Waals surface area contributed by atoms with Crippen molar-refractivity contribution >= 4 is 44.5 Å². The van der Waals surface area contributed by atoms with Gasteiger partial charge in [0.2, 0.25) is 0 Å². The van der Waals surface area contributed by atoms with Gasteiger partial charge < -0.3 is 0 Å². The summed E-state index contributed by atoms with van der Waals surface area (Å²) in [7, 11) is 0. The first kappa shape index (κ1) is 23.9. The van der Waals surface area contributed by atoms with Crippen molar-refractivity contribution in [2.45, 2.75) is 0 Å². The zero-order valence-electron chi connectivity index (χ0n) is 22.3. The minimum absolute atomic E-state index is 1.00. The molecule has 0 N–H and O–H groups in total. The summed E-state index contributed by atoms with van der Waals surface area (Å²) in [5.41, 5.74) is 7.22. The highest BCUT2D eigenvalue weighted by Gasteiger charge is 2.16. The maximum Gasteiger partial charge on any atom is -0.00262 e. The van der Waals surface area contributed by atoms with E-state index >= 15 is 0 Å². The van der Waals surface area contributed by atoms with E-state index in [4.69, 9.17) is 0 Å². The zero-order chi connectivity index (χ0) is 27.1. The number of rotatable bonds is 4. The first-order valence-electron chi connectivity index (χ1n) is 13.7. The molecule has 0 saturated heterocycles. The van der Waals surface area contributed by atoms with Crippen LogP contribution in [0.3, 0.4) is 0 Å². The molecule has 0 nitrogen and oxygen atoms in total. The SMILES string of the molecule is C=C/C(c1ccc(-c2c3ccccc3c(-c3ccc4ccccc4c3)c3ccccc23)cc1)=c1/ccccc1=C. The van der Waals surface area contributed by atoms with Crippen LogP contribution in [0.5, 0.6) is 0 Å². The van der Waals surface area contributed by atoms with Crippen molar-refractivity contribution in [3.8, 4) is 22.3 Å². The molecule has 7 aromatic carbocycles. The second-order valence-corrected chi connectivity index (χ2v) is 10.3. The molecular weight excluding hydrogens is 480 g/mol. The summed E-state index contributed by atoms with van der Waals surface area (Å²) in [4.78, 5) is 0. The molecule has 0 unspecified atom stereocenters. The van der Waals surface area contributed by atoms with Crippen molar-refractivity contribution in [3.05, 3.63) is 168 Å². The predicted molar refractivity (Wildman–Crippen MR) is 174 cm³/mol. The fraction of sp³-hybridized carbons (Fsp3) is 0. The first-order valence-corrected chi connectivity index (χ1v) is 13.7. The lowest BCUT2D eigenvalue weighted by Gasteiger charge is -2.18. The third-order valence-corrected chi connectivity index (χ3v) is 7.97. The molecule has 0 amide bonds. The Morgan fingerprint density at radius 1 is 0.475 bits per heavy atom. The second-order valence-electron chi connectivity index (χ2n) is 10.3. The number of allylic oxidation sites excluding steroid dienone is 1. The van der Waals surface area contributed by atoms with Gasteiger partial charge in [-0.15, -0.1) is 0 Å². The van der Waals surface area contributed by atoms with Crippen LogP contribution in [0.1, 0.15) is 5.56 Å². The van der Waals surface area contributed by atoms with E-state index < -0.39 is 0 Å². The maximum absolute atomic E-state index is 4.23. The largest absolute Gasteiger partial charge is 0.0984 e. The van der Waals surface area contributed by atoms with Gasteiger partial charge in [0.25, 0.3) is 0 Å². The van der Waals surface area contributed by atoms with Crippen LogP contribution in [0.2, 0.25) is 0 Å². The monoisotopic (exact) mass is 508 g/mol. The van der Waals surface area contributed by atoms with Gasteiger partial charge in [-0.1, -0.05) is 153 Å². The summed E-state index contributed by atoms with van der Waals surface area (Å²) in [5, 5.41) is 9.67. The van der Waals surface area contributed by atoms with E-state index in [1.807, 2.05) is 18.2 Å². The number of fused-ring (bicyclic) bond motifs is 3. The van der Waals surface area contributed by atoms with Crippen molar-refractivity contribution in [2.75, 3.05) is 0 Å². The predicted octanol–water partition coefficient (Wildman–Crippen LogP) is 9.28. The summed E-state index contributed by atoms with van der Waals surface area (Å²) in [6, 6.07) is 50.2. The van der Waals surface area contributed by atoms with E-state index in [9.17, 15) is 0 Å². The van der Waals surface area contributed by atoms with E-state index in [-0.39, 0.29) is 0 Å². The zero-order valence-corrected chi connectivity index (χ0v) is 22.3. The molecule has 0 bridgehead atoms. The molecule has 0 aliphatic carbocycles. The van der Waals surface area contributed by atoms with Crippen molar-refractivity contribution in [2.24, 2.45) is 0 Å². The van der Waals surface area contributed by atoms with Gasteiger partial charge in [0.1, 0.15) is 0 Å². The smallest absolute Gasteiger partial charge is 0.00262 e. The maximum atomic E-state index is 4.23. The topological polar surface area (TPSA) is 0 Å². The molecule has 7 rings (SSSR count). The lowest BCUT2D eigenvalue weighted by molar-refractivity contribution is 1.48. The highest BCUT2D eigenvalue weighted by atomic mass is 14.2. The van der Waals surface area contributed by atoms with Crippen molar-refractivity contribution in [1.82, 2.24) is 0 Å². The average molecular weight is 509 g/mol. The molecule has 7 aromatic rings. The highest BCUT2D eigenvalue weighted by molar-refractivity contribution is 6.21. The summed E-state index contributed by atoms with van der Waals surface area (Å²) < 4.78 is 0. The van der Waals surface area contributed by atoms with E-state index in [1.165, 1.54) is 54.6 Å². The highest BCUT2D eigenvalue weighted by Crippen LogP contribution is 2.44.